The molecule has 39 heavy (non-hydrogen) atoms. The van der Waals surface area contributed by atoms with Gasteiger partial charge in [-0.15, -0.1) is 6.58 Å². The zero-order valence-electron chi connectivity index (χ0n) is 22.0. The van der Waals surface area contributed by atoms with E-state index in [4.69, 9.17) is 0 Å². The van der Waals surface area contributed by atoms with Gasteiger partial charge in [0, 0.05) is 29.6 Å². The molecule has 6 rings (SSSR count). The lowest BCUT2D eigenvalue weighted by molar-refractivity contribution is -0.120. The van der Waals surface area contributed by atoms with Gasteiger partial charge in [0.05, 0.1) is 11.3 Å². The van der Waals surface area contributed by atoms with E-state index in [9.17, 15) is 14.4 Å². The fourth-order valence-corrected chi connectivity index (χ4v) is 5.83. The van der Waals surface area contributed by atoms with Gasteiger partial charge in [0.2, 0.25) is 0 Å². The summed E-state index contributed by atoms with van der Waals surface area (Å²) in [4.78, 5) is 47.6. The Labute approximate surface area is 227 Å². The molecular weight excluding hydrogens is 488 g/mol. The van der Waals surface area contributed by atoms with Gasteiger partial charge >= 0.3 is 6.03 Å². The minimum atomic E-state index is -0.691. The number of nitrogens with zero attached hydrogens (tertiary/aromatic N) is 2. The molecule has 0 saturated carbocycles. The van der Waals surface area contributed by atoms with E-state index in [1.54, 1.807) is 35.2 Å². The molecule has 7 heteroatoms. The molecule has 0 bridgehead atoms. The van der Waals surface area contributed by atoms with E-state index in [0.717, 1.165) is 27.7 Å². The Morgan fingerprint density at radius 2 is 1.77 bits per heavy atom. The van der Waals surface area contributed by atoms with Crippen LogP contribution in [0.5, 0.6) is 0 Å². The molecule has 2 unspecified atom stereocenters. The Hall–Kier alpha value is -4.65. The first-order valence-electron chi connectivity index (χ1n) is 13.2. The number of nitrogens with one attached hydrogen (secondary N) is 2. The van der Waals surface area contributed by atoms with Gasteiger partial charge < -0.3 is 10.3 Å². The first-order chi connectivity index (χ1) is 18.9. The average Bonchev–Trinajstić information content (AvgIpc) is 3.44. The van der Waals surface area contributed by atoms with E-state index in [-0.39, 0.29) is 29.6 Å². The van der Waals surface area contributed by atoms with Crippen LogP contribution in [0, 0.1) is 0 Å². The Morgan fingerprint density at radius 3 is 2.51 bits per heavy atom. The SMILES string of the molecule is C=CCNC(=O)c1ccccc1N1C(=O)C2Cc3c([nH]c4ccccc34)C(c3ccc(C(C)C)cc3)N2C1=O. The monoisotopic (exact) mass is 518 g/mol. The molecule has 4 amide bonds. The molecule has 2 aliphatic rings. The molecule has 7 nitrogen and oxygen atoms in total. The summed E-state index contributed by atoms with van der Waals surface area (Å²) < 4.78 is 0. The van der Waals surface area contributed by atoms with Crippen LogP contribution in [0.1, 0.15) is 58.5 Å². The summed E-state index contributed by atoms with van der Waals surface area (Å²) in [6.07, 6.45) is 1.98. The third kappa shape index (κ3) is 3.93. The second-order valence-electron chi connectivity index (χ2n) is 10.4. The summed E-state index contributed by atoms with van der Waals surface area (Å²) in [5.74, 6) is -0.326. The molecule has 3 aromatic carbocycles. The van der Waals surface area contributed by atoms with Gasteiger partial charge in [-0.3, -0.25) is 14.5 Å². The predicted octanol–water partition coefficient (Wildman–Crippen LogP) is 5.69. The first kappa shape index (κ1) is 24.7. The minimum absolute atomic E-state index is 0.266. The highest BCUT2D eigenvalue weighted by molar-refractivity contribution is 6.24. The van der Waals surface area contributed by atoms with E-state index >= 15 is 0 Å². The second kappa shape index (κ2) is 9.58. The normalized spacial score (nSPS) is 18.4. The van der Waals surface area contributed by atoms with Crippen molar-refractivity contribution in [3.05, 3.63) is 113 Å². The summed E-state index contributed by atoms with van der Waals surface area (Å²) in [5, 5.41) is 3.81. The van der Waals surface area contributed by atoms with Crippen molar-refractivity contribution in [1.82, 2.24) is 15.2 Å². The number of para-hydroxylation sites is 2. The molecule has 1 aromatic heterocycles. The van der Waals surface area contributed by atoms with E-state index in [2.05, 4.69) is 61.1 Å². The highest BCUT2D eigenvalue weighted by Crippen LogP contribution is 2.45. The molecule has 0 radical (unpaired) electrons. The Bertz CT molecular complexity index is 1620. The number of hydrogen-bond acceptors (Lipinski definition) is 3. The molecule has 2 N–H and O–H groups in total. The number of rotatable bonds is 6. The quantitative estimate of drug-likeness (QED) is 0.254. The number of anilines is 1. The number of urea groups is 1. The number of carbonyl (C=O) groups is 3. The molecule has 0 spiro atoms. The molecule has 196 valence electrons. The highest BCUT2D eigenvalue weighted by atomic mass is 16.2. The molecule has 3 heterocycles. The zero-order chi connectivity index (χ0) is 27.3. The van der Waals surface area contributed by atoms with Gasteiger partial charge in [0.15, 0.2) is 0 Å². The fourth-order valence-electron chi connectivity index (χ4n) is 5.83. The van der Waals surface area contributed by atoms with Crippen LogP contribution in [0.4, 0.5) is 10.5 Å². The molecule has 1 saturated heterocycles. The lowest BCUT2D eigenvalue weighted by atomic mass is 9.88. The van der Waals surface area contributed by atoms with Crippen LogP contribution >= 0.6 is 0 Å². The number of carbonyl (C=O) groups excluding carboxylic acids is 3. The number of fused-ring (bicyclic) bond motifs is 4. The number of aromatic nitrogens is 1. The summed E-state index contributed by atoms with van der Waals surface area (Å²) in [7, 11) is 0. The van der Waals surface area contributed by atoms with Gasteiger partial charge in [-0.05, 0) is 40.8 Å². The lowest BCUT2D eigenvalue weighted by Gasteiger charge is -2.36. The molecular formula is C32H30N4O3. The number of imide groups is 1. The Kier molecular flexibility index (Phi) is 6.06. The van der Waals surface area contributed by atoms with Crippen molar-refractivity contribution in [2.75, 3.05) is 11.4 Å². The number of H-pyrrole nitrogens is 1. The van der Waals surface area contributed by atoms with Crippen molar-refractivity contribution in [2.45, 2.75) is 38.3 Å². The lowest BCUT2D eigenvalue weighted by Crippen LogP contribution is -2.44. The Morgan fingerprint density at radius 1 is 1.05 bits per heavy atom. The minimum Gasteiger partial charge on any atom is -0.356 e. The standard InChI is InChI=1S/C32H30N4O3/c1-4-17-33-30(37)23-10-6-8-12-26(23)36-31(38)27-18-24-22-9-5-7-11-25(22)34-28(24)29(35(27)32(36)39)21-15-13-20(14-16-21)19(2)3/h4-16,19,27,29,34H,1,17-18H2,2-3H3,(H,33,37). The van der Waals surface area contributed by atoms with E-state index < -0.39 is 18.1 Å². The number of benzene rings is 3. The molecule has 2 aliphatic heterocycles. The van der Waals surface area contributed by atoms with E-state index in [0.29, 0.717) is 12.3 Å². The molecule has 1 fully saturated rings. The van der Waals surface area contributed by atoms with Crippen molar-refractivity contribution in [3.63, 3.8) is 0 Å². The maximum atomic E-state index is 14.2. The number of aromatic amines is 1. The molecule has 0 aliphatic carbocycles. The summed E-state index contributed by atoms with van der Waals surface area (Å²) in [6, 6.07) is 21.4. The van der Waals surface area contributed by atoms with Gasteiger partial charge in [-0.1, -0.05) is 74.5 Å². The smallest absolute Gasteiger partial charge is 0.332 e. The van der Waals surface area contributed by atoms with E-state index in [1.165, 1.54) is 10.5 Å². The third-order valence-corrected chi connectivity index (χ3v) is 7.76. The van der Waals surface area contributed by atoms with Crippen LogP contribution < -0.4 is 10.2 Å². The zero-order valence-corrected chi connectivity index (χ0v) is 22.0. The van der Waals surface area contributed by atoms with Crippen molar-refractivity contribution >= 4 is 34.4 Å². The van der Waals surface area contributed by atoms with Crippen LogP contribution in [0.2, 0.25) is 0 Å². The van der Waals surface area contributed by atoms with Gasteiger partial charge in [-0.25, -0.2) is 9.69 Å². The predicted molar refractivity (Wildman–Crippen MR) is 152 cm³/mol. The van der Waals surface area contributed by atoms with Crippen molar-refractivity contribution < 1.29 is 14.4 Å². The van der Waals surface area contributed by atoms with Crippen molar-refractivity contribution in [1.29, 1.82) is 0 Å². The first-order valence-corrected chi connectivity index (χ1v) is 13.2. The maximum Gasteiger partial charge on any atom is 0.332 e. The fraction of sp³-hybridized carbons (Fsp3) is 0.219. The average molecular weight is 519 g/mol. The second-order valence-corrected chi connectivity index (χ2v) is 10.4. The highest BCUT2D eigenvalue weighted by Gasteiger charge is 2.53. The van der Waals surface area contributed by atoms with Crippen LogP contribution in [0.25, 0.3) is 10.9 Å². The molecule has 4 aromatic rings. The number of amides is 4. The van der Waals surface area contributed by atoms with Crippen molar-refractivity contribution in [2.24, 2.45) is 0 Å². The summed E-state index contributed by atoms with van der Waals surface area (Å²) >= 11 is 0. The van der Waals surface area contributed by atoms with Crippen LogP contribution in [0.3, 0.4) is 0 Å². The van der Waals surface area contributed by atoms with E-state index in [1.807, 2.05) is 18.2 Å². The summed E-state index contributed by atoms with van der Waals surface area (Å²) in [6.45, 7) is 8.21. The Balaban J connectivity index is 1.48. The topological polar surface area (TPSA) is 85.5 Å². The van der Waals surface area contributed by atoms with Gasteiger partial charge in [0.25, 0.3) is 11.8 Å². The van der Waals surface area contributed by atoms with Crippen LogP contribution in [-0.2, 0) is 11.2 Å². The maximum absolute atomic E-state index is 14.2. The van der Waals surface area contributed by atoms with Gasteiger partial charge in [-0.2, -0.15) is 0 Å². The third-order valence-electron chi connectivity index (χ3n) is 7.76. The van der Waals surface area contributed by atoms with Gasteiger partial charge in [0.1, 0.15) is 12.1 Å². The molecule has 2 atom stereocenters. The van der Waals surface area contributed by atoms with Crippen LogP contribution in [0.15, 0.2) is 85.5 Å². The number of hydrogen-bond donors (Lipinski definition) is 2. The van der Waals surface area contributed by atoms with Crippen LogP contribution in [-0.4, -0.2) is 40.3 Å². The van der Waals surface area contributed by atoms with Crippen molar-refractivity contribution in [3.8, 4) is 0 Å². The summed E-state index contributed by atoms with van der Waals surface area (Å²) in [5.41, 5.74) is 5.63. The largest absolute Gasteiger partial charge is 0.356 e.